The Bertz CT molecular complexity index is 376. The Morgan fingerprint density at radius 1 is 1.44 bits per heavy atom. The highest BCUT2D eigenvalue weighted by Gasteiger charge is 2.18. The second-order valence-corrected chi connectivity index (χ2v) is 3.57. The van der Waals surface area contributed by atoms with Gasteiger partial charge in [0.05, 0.1) is 30.3 Å². The van der Waals surface area contributed by atoms with E-state index in [1.54, 1.807) is 12.1 Å². The lowest BCUT2D eigenvalue weighted by atomic mass is 10.1. The van der Waals surface area contributed by atoms with Gasteiger partial charge < -0.3 is 9.47 Å². The van der Waals surface area contributed by atoms with E-state index in [-0.39, 0.29) is 18.4 Å². The van der Waals surface area contributed by atoms with Crippen molar-refractivity contribution in [2.75, 3.05) is 7.11 Å². The Labute approximate surface area is 94.1 Å². The van der Waals surface area contributed by atoms with Crippen LogP contribution in [0.15, 0.2) is 18.2 Å². The first-order valence-corrected chi connectivity index (χ1v) is 4.98. The molecular weight excluding hydrogens is 210 g/mol. The summed E-state index contributed by atoms with van der Waals surface area (Å²) in [5.74, 6) is 0.481. The molecule has 5 nitrogen and oxygen atoms in total. The van der Waals surface area contributed by atoms with Gasteiger partial charge in [0.25, 0.3) is 5.69 Å². The van der Waals surface area contributed by atoms with E-state index >= 15 is 0 Å². The lowest BCUT2D eigenvalue weighted by Crippen LogP contribution is -2.06. The first-order valence-electron chi connectivity index (χ1n) is 4.98. The predicted octanol–water partition coefficient (Wildman–Crippen LogP) is 2.53. The molecule has 0 saturated heterocycles. The summed E-state index contributed by atoms with van der Waals surface area (Å²) in [5.41, 5.74) is 0.503. The van der Waals surface area contributed by atoms with Crippen molar-refractivity contribution < 1.29 is 14.4 Å². The first-order chi connectivity index (χ1) is 7.56. The molecule has 0 radical (unpaired) electrons. The van der Waals surface area contributed by atoms with Gasteiger partial charge in [0, 0.05) is 6.07 Å². The SMILES string of the molecule is COc1cccc([N+](=O)[O-])c1COC(C)C. The van der Waals surface area contributed by atoms with E-state index in [0.29, 0.717) is 11.3 Å². The van der Waals surface area contributed by atoms with Crippen LogP contribution in [0.5, 0.6) is 5.75 Å². The van der Waals surface area contributed by atoms with Crippen LogP contribution in [0, 0.1) is 10.1 Å². The van der Waals surface area contributed by atoms with Gasteiger partial charge in [-0.05, 0) is 19.9 Å². The van der Waals surface area contributed by atoms with Gasteiger partial charge in [-0.15, -0.1) is 0 Å². The van der Waals surface area contributed by atoms with E-state index in [1.165, 1.54) is 13.2 Å². The smallest absolute Gasteiger partial charge is 0.278 e. The summed E-state index contributed by atoms with van der Waals surface area (Å²) in [6.45, 7) is 3.93. The standard InChI is InChI=1S/C11H15NO4/c1-8(2)16-7-9-10(12(13)14)5-4-6-11(9)15-3/h4-6,8H,7H2,1-3H3. The zero-order valence-electron chi connectivity index (χ0n) is 9.60. The molecule has 0 bridgehead atoms. The molecule has 0 amide bonds. The lowest BCUT2D eigenvalue weighted by molar-refractivity contribution is -0.386. The van der Waals surface area contributed by atoms with Gasteiger partial charge in [0.1, 0.15) is 5.75 Å². The van der Waals surface area contributed by atoms with Gasteiger partial charge in [0.2, 0.25) is 0 Å². The van der Waals surface area contributed by atoms with Crippen molar-refractivity contribution in [3.05, 3.63) is 33.9 Å². The summed E-state index contributed by atoms with van der Waals surface area (Å²) in [6.07, 6.45) is 0.0181. The van der Waals surface area contributed by atoms with Gasteiger partial charge >= 0.3 is 0 Å². The fourth-order valence-electron chi connectivity index (χ4n) is 1.31. The highest BCUT2D eigenvalue weighted by Crippen LogP contribution is 2.28. The summed E-state index contributed by atoms with van der Waals surface area (Å²) in [4.78, 5) is 10.4. The Balaban J connectivity index is 3.04. The Hall–Kier alpha value is -1.62. The predicted molar refractivity (Wildman–Crippen MR) is 59.6 cm³/mol. The Morgan fingerprint density at radius 3 is 2.62 bits per heavy atom. The molecular formula is C11H15NO4. The average molecular weight is 225 g/mol. The van der Waals surface area contributed by atoms with Crippen LogP contribution >= 0.6 is 0 Å². The van der Waals surface area contributed by atoms with Crippen molar-refractivity contribution in [3.8, 4) is 5.75 Å². The van der Waals surface area contributed by atoms with Crippen LogP contribution in [0.1, 0.15) is 19.4 Å². The molecule has 0 spiro atoms. The van der Waals surface area contributed by atoms with E-state index in [0.717, 1.165) is 0 Å². The molecule has 0 aliphatic rings. The van der Waals surface area contributed by atoms with Crippen LogP contribution in [0.3, 0.4) is 0 Å². The van der Waals surface area contributed by atoms with Crippen molar-refractivity contribution in [1.82, 2.24) is 0 Å². The molecule has 88 valence electrons. The molecule has 0 heterocycles. The minimum absolute atomic E-state index is 0.0181. The maximum Gasteiger partial charge on any atom is 0.278 e. The fourth-order valence-corrected chi connectivity index (χ4v) is 1.31. The van der Waals surface area contributed by atoms with Crippen molar-refractivity contribution >= 4 is 5.69 Å². The molecule has 1 aromatic rings. The number of methoxy groups -OCH3 is 1. The van der Waals surface area contributed by atoms with Gasteiger partial charge in [-0.3, -0.25) is 10.1 Å². The molecule has 0 aromatic heterocycles. The molecule has 5 heteroatoms. The maximum atomic E-state index is 10.8. The minimum atomic E-state index is -0.429. The van der Waals surface area contributed by atoms with Crippen LogP contribution in [0.4, 0.5) is 5.69 Å². The molecule has 0 saturated carbocycles. The molecule has 1 rings (SSSR count). The summed E-state index contributed by atoms with van der Waals surface area (Å²) < 4.78 is 10.5. The molecule has 0 unspecified atom stereocenters. The molecule has 1 aromatic carbocycles. The second kappa shape index (κ2) is 5.46. The van der Waals surface area contributed by atoms with Crippen LogP contribution in [-0.2, 0) is 11.3 Å². The number of ether oxygens (including phenoxy) is 2. The highest BCUT2D eigenvalue weighted by atomic mass is 16.6. The van der Waals surface area contributed by atoms with Crippen molar-refractivity contribution in [1.29, 1.82) is 0 Å². The summed E-state index contributed by atoms with van der Waals surface area (Å²) in [5, 5.41) is 10.8. The van der Waals surface area contributed by atoms with E-state index in [1.807, 2.05) is 13.8 Å². The van der Waals surface area contributed by atoms with Crippen LogP contribution < -0.4 is 4.74 Å². The molecule has 16 heavy (non-hydrogen) atoms. The molecule has 0 atom stereocenters. The monoisotopic (exact) mass is 225 g/mol. The Morgan fingerprint density at radius 2 is 2.12 bits per heavy atom. The number of nitro groups is 1. The quantitative estimate of drug-likeness (QED) is 0.570. The van der Waals surface area contributed by atoms with Crippen molar-refractivity contribution in [3.63, 3.8) is 0 Å². The molecule has 0 aliphatic heterocycles. The lowest BCUT2D eigenvalue weighted by Gasteiger charge is -2.11. The fraction of sp³-hybridized carbons (Fsp3) is 0.455. The van der Waals surface area contributed by atoms with Gasteiger partial charge in [-0.25, -0.2) is 0 Å². The molecule has 0 fully saturated rings. The molecule has 0 aliphatic carbocycles. The van der Waals surface area contributed by atoms with Crippen molar-refractivity contribution in [2.24, 2.45) is 0 Å². The number of rotatable bonds is 5. The van der Waals surface area contributed by atoms with Crippen molar-refractivity contribution in [2.45, 2.75) is 26.6 Å². The normalized spacial score (nSPS) is 10.5. The maximum absolute atomic E-state index is 10.8. The number of hydrogen-bond donors (Lipinski definition) is 0. The van der Waals surface area contributed by atoms with E-state index in [4.69, 9.17) is 9.47 Å². The summed E-state index contributed by atoms with van der Waals surface area (Å²) in [6, 6.07) is 4.73. The zero-order valence-corrected chi connectivity index (χ0v) is 9.60. The summed E-state index contributed by atoms with van der Waals surface area (Å²) >= 11 is 0. The molecule has 0 N–H and O–H groups in total. The van der Waals surface area contributed by atoms with Gasteiger partial charge in [-0.2, -0.15) is 0 Å². The number of hydrogen-bond acceptors (Lipinski definition) is 4. The number of nitrogens with zero attached hydrogens (tertiary/aromatic N) is 1. The highest BCUT2D eigenvalue weighted by molar-refractivity contribution is 5.49. The third-order valence-electron chi connectivity index (χ3n) is 2.09. The number of nitro benzene ring substituents is 1. The van der Waals surface area contributed by atoms with Gasteiger partial charge in [-0.1, -0.05) is 6.07 Å². The minimum Gasteiger partial charge on any atom is -0.496 e. The second-order valence-electron chi connectivity index (χ2n) is 3.57. The van der Waals surface area contributed by atoms with Gasteiger partial charge in [0.15, 0.2) is 0 Å². The topological polar surface area (TPSA) is 61.6 Å². The zero-order chi connectivity index (χ0) is 12.1. The third kappa shape index (κ3) is 2.93. The largest absolute Gasteiger partial charge is 0.496 e. The summed E-state index contributed by atoms with van der Waals surface area (Å²) in [7, 11) is 1.48. The van der Waals surface area contributed by atoms with E-state index < -0.39 is 4.92 Å². The van der Waals surface area contributed by atoms with E-state index in [2.05, 4.69) is 0 Å². The Kier molecular flexibility index (Phi) is 4.25. The van der Waals surface area contributed by atoms with E-state index in [9.17, 15) is 10.1 Å². The van der Waals surface area contributed by atoms with Crippen LogP contribution in [0.2, 0.25) is 0 Å². The number of benzene rings is 1. The van der Waals surface area contributed by atoms with Crippen LogP contribution in [0.25, 0.3) is 0 Å². The first kappa shape index (κ1) is 12.4. The van der Waals surface area contributed by atoms with Crippen LogP contribution in [-0.4, -0.2) is 18.1 Å². The average Bonchev–Trinajstić information content (AvgIpc) is 2.25. The third-order valence-corrected chi connectivity index (χ3v) is 2.09.